The van der Waals surface area contributed by atoms with Crippen LogP contribution in [-0.4, -0.2) is 82.3 Å². The summed E-state index contributed by atoms with van der Waals surface area (Å²) in [5, 5.41) is 6.02. The van der Waals surface area contributed by atoms with E-state index >= 15 is 4.39 Å². The maximum atomic E-state index is 16.5. The molecule has 0 aliphatic carbocycles. The Morgan fingerprint density at radius 1 is 1.07 bits per heavy atom. The number of halogens is 2. The number of amides is 3. The minimum absolute atomic E-state index is 0.01000. The molecular formula is C41H46F2N5O7PS. The average Bonchev–Trinajstić information content (AvgIpc) is 3.78. The van der Waals surface area contributed by atoms with Crippen molar-refractivity contribution < 1.29 is 41.8 Å². The molecule has 7 rings (SSSR count). The Morgan fingerprint density at radius 2 is 1.84 bits per heavy atom. The number of carbonyl (C=O) groups excluding carboxylic acids is 4. The first-order valence-corrected chi connectivity index (χ1v) is 21.8. The minimum Gasteiger partial charge on any atom is -0.465 e. The predicted molar refractivity (Wildman–Crippen MR) is 211 cm³/mol. The lowest BCUT2D eigenvalue weighted by atomic mass is 9.91. The molecular weight excluding hydrogens is 776 g/mol. The molecule has 3 aliphatic heterocycles. The molecule has 2 aromatic heterocycles. The van der Waals surface area contributed by atoms with Crippen LogP contribution in [0.3, 0.4) is 0 Å². The van der Waals surface area contributed by atoms with E-state index in [1.54, 1.807) is 40.1 Å². The third kappa shape index (κ3) is 8.61. The topological polar surface area (TPSA) is 147 Å². The van der Waals surface area contributed by atoms with Crippen molar-refractivity contribution in [1.29, 1.82) is 0 Å². The van der Waals surface area contributed by atoms with Crippen molar-refractivity contribution in [2.45, 2.75) is 88.9 Å². The molecule has 4 aromatic rings. The van der Waals surface area contributed by atoms with Gasteiger partial charge in [0.2, 0.25) is 17.7 Å². The molecule has 3 fully saturated rings. The van der Waals surface area contributed by atoms with Crippen molar-refractivity contribution in [3.8, 4) is 5.75 Å². The van der Waals surface area contributed by atoms with Crippen molar-refractivity contribution in [2.24, 2.45) is 5.92 Å². The van der Waals surface area contributed by atoms with Crippen LogP contribution in [0.5, 0.6) is 5.75 Å². The van der Waals surface area contributed by atoms with E-state index in [2.05, 4.69) is 15.4 Å². The fraction of sp³-hybridized carbons (Fsp3) is 0.439. The van der Waals surface area contributed by atoms with Gasteiger partial charge in [-0.15, -0.1) is 11.3 Å². The van der Waals surface area contributed by atoms with E-state index in [-0.39, 0.29) is 58.3 Å². The smallest absolute Gasteiger partial charge is 0.355 e. The van der Waals surface area contributed by atoms with Gasteiger partial charge in [-0.05, 0) is 92.3 Å². The van der Waals surface area contributed by atoms with Gasteiger partial charge in [0.1, 0.15) is 29.7 Å². The Bertz CT molecular complexity index is 2190. The lowest BCUT2D eigenvalue weighted by Crippen LogP contribution is -2.58. The van der Waals surface area contributed by atoms with E-state index in [1.807, 2.05) is 13.8 Å². The molecule has 2 N–H and O–H groups in total. The number of rotatable bonds is 13. The number of nitrogens with zero attached hydrogens (tertiary/aromatic N) is 3. The fourth-order valence-corrected chi connectivity index (χ4v) is 10.8. The molecule has 302 valence electrons. The molecule has 57 heavy (non-hydrogen) atoms. The van der Waals surface area contributed by atoms with Crippen LogP contribution in [0.4, 0.5) is 8.78 Å². The van der Waals surface area contributed by atoms with Crippen molar-refractivity contribution in [2.75, 3.05) is 19.7 Å². The molecule has 5 heterocycles. The summed E-state index contributed by atoms with van der Waals surface area (Å²) in [5.74, 6) is -4.13. The van der Waals surface area contributed by atoms with E-state index in [0.29, 0.717) is 60.8 Å². The van der Waals surface area contributed by atoms with Gasteiger partial charge in [-0.3, -0.25) is 28.7 Å². The number of likely N-dealkylation sites (tertiary alicyclic amines) is 1. The normalized spacial score (nSPS) is 23.1. The largest absolute Gasteiger partial charge is 0.465 e. The monoisotopic (exact) mass is 821 g/mol. The molecule has 7 atom stereocenters. The second kappa shape index (κ2) is 17.0. The van der Waals surface area contributed by atoms with E-state index in [4.69, 9.17) is 9.26 Å². The zero-order valence-electron chi connectivity index (χ0n) is 31.9. The number of aromatic nitrogens is 1. The molecule has 16 heteroatoms. The zero-order chi connectivity index (χ0) is 40.4. The Kier molecular flexibility index (Phi) is 12.1. The number of thiophene rings is 1. The average molecular weight is 822 g/mol. The maximum Gasteiger partial charge on any atom is 0.355 e. The van der Waals surface area contributed by atoms with E-state index in [1.165, 1.54) is 49.6 Å². The van der Waals surface area contributed by atoms with Crippen LogP contribution in [0, 0.1) is 11.7 Å². The summed E-state index contributed by atoms with van der Waals surface area (Å²) in [6.45, 7) is 6.14. The first-order valence-electron chi connectivity index (χ1n) is 19.3. The number of nitrogens with one attached hydrogen (secondary N) is 2. The lowest BCUT2D eigenvalue weighted by Gasteiger charge is -2.42. The van der Waals surface area contributed by atoms with Gasteiger partial charge in [-0.1, -0.05) is 38.1 Å². The van der Waals surface area contributed by atoms with Crippen LogP contribution in [0.1, 0.15) is 85.5 Å². The van der Waals surface area contributed by atoms with Crippen LogP contribution >= 0.6 is 18.9 Å². The number of hydrogen-bond acceptors (Lipinski definition) is 9. The number of ether oxygens (including phenoxy) is 1. The summed E-state index contributed by atoms with van der Waals surface area (Å²) in [6, 6.07) is 12.8. The highest BCUT2D eigenvalue weighted by atomic mass is 32.1. The summed E-state index contributed by atoms with van der Waals surface area (Å²) in [6.07, 6.45) is 5.75. The molecule has 2 unspecified atom stereocenters. The van der Waals surface area contributed by atoms with Gasteiger partial charge in [0.05, 0.1) is 11.5 Å². The quantitative estimate of drug-likeness (QED) is 0.106. The van der Waals surface area contributed by atoms with Crippen molar-refractivity contribution in [1.82, 2.24) is 25.2 Å². The van der Waals surface area contributed by atoms with Crippen LogP contribution < -0.4 is 14.9 Å². The van der Waals surface area contributed by atoms with Crippen molar-refractivity contribution >= 4 is 52.6 Å². The number of carbonyl (C=O) groups is 4. The second-order valence-corrected chi connectivity index (χ2v) is 18.4. The fourth-order valence-electron chi connectivity index (χ4n) is 7.98. The van der Waals surface area contributed by atoms with Crippen molar-refractivity contribution in [3.05, 3.63) is 94.9 Å². The molecule has 3 saturated heterocycles. The van der Waals surface area contributed by atoms with Gasteiger partial charge in [-0.2, -0.15) is 0 Å². The van der Waals surface area contributed by atoms with E-state index in [9.17, 15) is 28.1 Å². The molecule has 0 saturated carbocycles. The second-order valence-electron chi connectivity index (χ2n) is 15.2. The number of alkyl halides is 1. The van der Waals surface area contributed by atoms with E-state index in [0.717, 1.165) is 11.3 Å². The Hall–Kier alpha value is -4.72. The first kappa shape index (κ1) is 40.5. The van der Waals surface area contributed by atoms with Crippen LogP contribution in [0.25, 0.3) is 10.1 Å². The number of benzene rings is 2. The van der Waals surface area contributed by atoms with Gasteiger partial charge >= 0.3 is 13.5 Å². The molecule has 2 aromatic carbocycles. The maximum absolute atomic E-state index is 16.5. The van der Waals surface area contributed by atoms with Gasteiger partial charge in [0, 0.05) is 47.7 Å². The van der Waals surface area contributed by atoms with Crippen LogP contribution in [0.15, 0.2) is 73.1 Å². The molecule has 12 nitrogen and oxygen atoms in total. The number of fused-ring (bicyclic) bond motifs is 2. The highest BCUT2D eigenvalue weighted by Crippen LogP contribution is 2.58. The first-order chi connectivity index (χ1) is 27.3. The van der Waals surface area contributed by atoms with Crippen molar-refractivity contribution in [3.63, 3.8) is 0 Å². The number of pyridine rings is 1. The van der Waals surface area contributed by atoms with E-state index < -0.39 is 43.4 Å². The Labute approximate surface area is 333 Å². The summed E-state index contributed by atoms with van der Waals surface area (Å²) in [7, 11) is -4.45. The van der Waals surface area contributed by atoms with Crippen LogP contribution in [-0.2, 0) is 23.7 Å². The molecule has 0 spiro atoms. The highest BCUT2D eigenvalue weighted by molar-refractivity contribution is 7.57. The number of esters is 1. The molecule has 0 radical (unpaired) electrons. The standard InChI is InChI=1S/C41H46F2N5O7PS/c1-4-16-54-41(52)25(3)46-56(53,55-30-8-6-5-7-9-30)37(43)26-10-13-35-27(19-26)20-36(57-35)38(49)45-33-18-24(2)17-29-11-12-34(48(29)39(33)50)40(51)47-22-28(23-47)31-21-44-15-14-32(31)42/h5-10,13-15,19-21,24-25,28-29,33-34,37H,4,11-12,16-18,22-23H2,1-3H3,(H,45,49)(H,46,53)/t24-,25+,29-,33+,34+,37?,56?/m1/s1. The summed E-state index contributed by atoms with van der Waals surface area (Å²) in [4.78, 5) is 61.9. The highest BCUT2D eigenvalue weighted by Gasteiger charge is 2.49. The summed E-state index contributed by atoms with van der Waals surface area (Å²) >= 11 is 1.16. The molecule has 3 aliphatic rings. The van der Waals surface area contributed by atoms with Gasteiger partial charge in [-0.25, -0.2) is 13.9 Å². The Balaban J connectivity index is 1.05. The van der Waals surface area contributed by atoms with Crippen LogP contribution in [0.2, 0.25) is 0 Å². The summed E-state index contributed by atoms with van der Waals surface area (Å²) < 4.78 is 56.7. The Morgan fingerprint density at radius 3 is 2.58 bits per heavy atom. The van der Waals surface area contributed by atoms with Gasteiger partial charge in [0.15, 0.2) is 0 Å². The van der Waals surface area contributed by atoms with Gasteiger partial charge in [0.25, 0.3) is 5.91 Å². The molecule has 0 bridgehead atoms. The molecule has 3 amide bonds. The summed E-state index contributed by atoms with van der Waals surface area (Å²) in [5.41, 5.74) is 0.483. The zero-order valence-corrected chi connectivity index (χ0v) is 33.6. The number of hydrogen-bond donors (Lipinski definition) is 2. The lowest BCUT2D eigenvalue weighted by molar-refractivity contribution is -0.148. The third-order valence-electron chi connectivity index (χ3n) is 10.9. The SMILES string of the molecule is CCCOC(=O)[C@H](C)NP(=O)(Oc1ccccc1)C(F)c1ccc2sc(C(=O)N[C@H]3C[C@H](C)C[C@H]4CC[C@@H](C(=O)N5CC(c6cnccc6F)C5)N4C3=O)cc2c1. The third-order valence-corrected chi connectivity index (χ3v) is 14.1. The minimum atomic E-state index is -4.45. The van der Waals surface area contributed by atoms with Gasteiger partial charge < -0.3 is 24.4 Å². The number of para-hydroxylation sites is 1. The predicted octanol–water partition coefficient (Wildman–Crippen LogP) is 7.12.